The van der Waals surface area contributed by atoms with Crippen molar-refractivity contribution in [1.82, 2.24) is 4.57 Å². The quantitative estimate of drug-likeness (QED) is 0.627. The molecule has 0 fully saturated rings. The molecule has 0 atom stereocenters. The van der Waals surface area contributed by atoms with Crippen LogP contribution in [0.4, 0.5) is 10.5 Å². The molecule has 0 N–H and O–H groups in total. The first-order chi connectivity index (χ1) is 8.25. The fourth-order valence-corrected chi connectivity index (χ4v) is 2.28. The zero-order valence-corrected chi connectivity index (χ0v) is 9.34. The third-order valence-electron chi connectivity index (χ3n) is 3.13. The monoisotopic (exact) mass is 222 g/mol. The lowest BCUT2D eigenvalue weighted by atomic mass is 10.1. The molecule has 0 unspecified atom stereocenters. The van der Waals surface area contributed by atoms with Crippen LogP contribution >= 0.6 is 0 Å². The lowest BCUT2D eigenvalue weighted by Crippen LogP contribution is -2.29. The van der Waals surface area contributed by atoms with E-state index in [1.165, 1.54) is 0 Å². The zero-order valence-electron chi connectivity index (χ0n) is 9.34. The van der Waals surface area contributed by atoms with Crippen molar-refractivity contribution in [2.45, 2.75) is 13.1 Å². The van der Waals surface area contributed by atoms with Gasteiger partial charge in [-0.3, -0.25) is 4.79 Å². The van der Waals surface area contributed by atoms with Crippen molar-refractivity contribution in [3.05, 3.63) is 53.9 Å². The smallest absolute Gasteiger partial charge is 0.201 e. The van der Waals surface area contributed by atoms with E-state index in [0.717, 1.165) is 23.5 Å². The second-order valence-electron chi connectivity index (χ2n) is 4.18. The maximum Gasteiger partial charge on any atom is 0.201 e. The molecule has 1 aromatic carbocycles. The molecule has 0 aliphatic carbocycles. The standard InChI is InChI=1S/C13H11BN2O/c14-13(17)16-9-11-5-3-7-15(11)8-10-4-1-2-6-12(10)16/h1-7H,8-9H2. The normalized spacial score (nSPS) is 13.8. The highest BCUT2D eigenvalue weighted by Gasteiger charge is 2.20. The number of fused-ring (bicyclic) bond motifs is 2. The number of carbonyl (C=O) groups excluding carboxylic acids is 1. The maximum atomic E-state index is 11.5. The summed E-state index contributed by atoms with van der Waals surface area (Å²) >= 11 is 0. The highest BCUT2D eigenvalue weighted by molar-refractivity contribution is 6.60. The van der Waals surface area contributed by atoms with Gasteiger partial charge in [0.1, 0.15) is 0 Å². The molecule has 2 radical (unpaired) electrons. The molecular formula is C13H11BN2O. The molecule has 1 aliphatic rings. The summed E-state index contributed by atoms with van der Waals surface area (Å²) in [5.41, 5.74) is 3.12. The second-order valence-corrected chi connectivity index (χ2v) is 4.18. The first-order valence-corrected chi connectivity index (χ1v) is 5.54. The van der Waals surface area contributed by atoms with Crippen LogP contribution in [0.25, 0.3) is 0 Å². The Morgan fingerprint density at radius 3 is 2.76 bits per heavy atom. The van der Waals surface area contributed by atoms with Crippen molar-refractivity contribution in [1.29, 1.82) is 0 Å². The molecule has 2 heterocycles. The van der Waals surface area contributed by atoms with Crippen LogP contribution in [0.2, 0.25) is 0 Å². The predicted octanol–water partition coefficient (Wildman–Crippen LogP) is 2.14. The first-order valence-electron chi connectivity index (χ1n) is 5.54. The fraction of sp³-hybridized carbons (Fsp3) is 0.154. The Morgan fingerprint density at radius 2 is 1.94 bits per heavy atom. The summed E-state index contributed by atoms with van der Waals surface area (Å²) in [7, 11) is 5.46. The summed E-state index contributed by atoms with van der Waals surface area (Å²) in [5, 5.41) is 0. The van der Waals surface area contributed by atoms with E-state index < -0.39 is 5.81 Å². The van der Waals surface area contributed by atoms with Gasteiger partial charge in [-0.2, -0.15) is 0 Å². The number of aromatic nitrogens is 1. The van der Waals surface area contributed by atoms with Crippen molar-refractivity contribution in [3.8, 4) is 0 Å². The summed E-state index contributed by atoms with van der Waals surface area (Å²) in [6.45, 7) is 1.31. The number of anilines is 1. The van der Waals surface area contributed by atoms with Gasteiger partial charge >= 0.3 is 0 Å². The molecule has 4 heteroatoms. The number of hydrogen-bond donors (Lipinski definition) is 0. The van der Waals surface area contributed by atoms with Crippen molar-refractivity contribution in [3.63, 3.8) is 0 Å². The molecule has 82 valence electrons. The third kappa shape index (κ3) is 1.66. The molecule has 0 spiro atoms. The highest BCUT2D eigenvalue weighted by atomic mass is 16.1. The molecule has 17 heavy (non-hydrogen) atoms. The van der Waals surface area contributed by atoms with E-state index in [4.69, 9.17) is 7.85 Å². The second kappa shape index (κ2) is 3.80. The van der Waals surface area contributed by atoms with Gasteiger partial charge in [-0.15, -0.1) is 0 Å². The Morgan fingerprint density at radius 1 is 1.12 bits per heavy atom. The fourth-order valence-electron chi connectivity index (χ4n) is 2.28. The van der Waals surface area contributed by atoms with E-state index in [-0.39, 0.29) is 0 Å². The van der Waals surface area contributed by atoms with Gasteiger partial charge in [0.05, 0.1) is 6.54 Å². The number of rotatable bonds is 0. The van der Waals surface area contributed by atoms with Gasteiger partial charge in [-0.1, -0.05) is 18.2 Å². The minimum absolute atomic E-state index is 0.410. The molecular weight excluding hydrogens is 211 g/mol. The van der Waals surface area contributed by atoms with Crippen molar-refractivity contribution < 1.29 is 4.79 Å². The maximum absolute atomic E-state index is 11.5. The van der Waals surface area contributed by atoms with Crippen molar-refractivity contribution in [2.75, 3.05) is 4.90 Å². The average molecular weight is 222 g/mol. The number of benzene rings is 1. The SMILES string of the molecule is [B]C(=O)N1Cc2cccn2Cc2ccccc21. The highest BCUT2D eigenvalue weighted by Crippen LogP contribution is 2.27. The van der Waals surface area contributed by atoms with Crippen molar-refractivity contribution >= 4 is 19.3 Å². The topological polar surface area (TPSA) is 25.2 Å². The first kappa shape index (κ1) is 10.2. The van der Waals surface area contributed by atoms with E-state index in [9.17, 15) is 4.79 Å². The van der Waals surface area contributed by atoms with E-state index >= 15 is 0 Å². The van der Waals surface area contributed by atoms with Gasteiger partial charge in [0.2, 0.25) is 7.85 Å². The van der Waals surface area contributed by atoms with Crippen LogP contribution in [0.5, 0.6) is 0 Å². The number of hydrogen-bond acceptors (Lipinski definition) is 1. The van der Waals surface area contributed by atoms with E-state index in [1.807, 2.05) is 42.6 Å². The molecule has 3 rings (SSSR count). The molecule has 0 saturated heterocycles. The molecule has 3 nitrogen and oxygen atoms in total. The largest absolute Gasteiger partial charge is 0.345 e. The summed E-state index contributed by atoms with van der Waals surface area (Å²) in [6.07, 6.45) is 2.02. The molecule has 0 saturated carbocycles. The number of para-hydroxylation sites is 1. The molecule has 1 aromatic heterocycles. The van der Waals surface area contributed by atoms with E-state index in [1.54, 1.807) is 4.90 Å². The van der Waals surface area contributed by atoms with Gasteiger partial charge in [0, 0.05) is 24.1 Å². The summed E-state index contributed by atoms with van der Waals surface area (Å²) in [6, 6.07) is 11.9. The number of amides is 1. The van der Waals surface area contributed by atoms with Crippen LogP contribution in [0.1, 0.15) is 11.3 Å². The number of nitrogens with zero attached hydrogens (tertiary/aromatic N) is 2. The van der Waals surface area contributed by atoms with Crippen LogP contribution in [-0.4, -0.2) is 18.2 Å². The summed E-state index contributed by atoms with van der Waals surface area (Å²) < 4.78 is 2.14. The molecule has 0 bridgehead atoms. The molecule has 2 aromatic rings. The Hall–Kier alpha value is -1.97. The van der Waals surface area contributed by atoms with E-state index in [0.29, 0.717) is 6.54 Å². The predicted molar refractivity (Wildman–Crippen MR) is 67.3 cm³/mol. The number of carbonyl (C=O) groups is 1. The lowest BCUT2D eigenvalue weighted by molar-refractivity contribution is 0.263. The van der Waals surface area contributed by atoms with Crippen molar-refractivity contribution in [2.24, 2.45) is 0 Å². The van der Waals surface area contributed by atoms with Crippen LogP contribution in [-0.2, 0) is 13.1 Å². The Bertz CT molecular complexity index is 576. The average Bonchev–Trinajstić information content (AvgIpc) is 2.68. The van der Waals surface area contributed by atoms with Gasteiger partial charge < -0.3 is 9.47 Å². The van der Waals surface area contributed by atoms with Gasteiger partial charge in [0.15, 0.2) is 5.81 Å². The Labute approximate surface area is 101 Å². The Kier molecular flexibility index (Phi) is 2.28. The van der Waals surface area contributed by atoms with Crippen LogP contribution in [0.15, 0.2) is 42.6 Å². The van der Waals surface area contributed by atoms with Crippen LogP contribution in [0.3, 0.4) is 0 Å². The molecule has 1 aliphatic heterocycles. The summed E-state index contributed by atoms with van der Waals surface area (Å²) in [5.74, 6) is -0.410. The third-order valence-corrected chi connectivity index (χ3v) is 3.13. The zero-order chi connectivity index (χ0) is 11.8. The minimum atomic E-state index is -0.410. The van der Waals surface area contributed by atoms with Crippen LogP contribution < -0.4 is 4.90 Å². The summed E-state index contributed by atoms with van der Waals surface area (Å²) in [4.78, 5) is 13.2. The van der Waals surface area contributed by atoms with Crippen LogP contribution in [0, 0.1) is 0 Å². The minimum Gasteiger partial charge on any atom is -0.345 e. The van der Waals surface area contributed by atoms with Gasteiger partial charge in [0.25, 0.3) is 0 Å². The van der Waals surface area contributed by atoms with Gasteiger partial charge in [-0.25, -0.2) is 0 Å². The lowest BCUT2D eigenvalue weighted by Gasteiger charge is -2.21. The van der Waals surface area contributed by atoms with E-state index in [2.05, 4.69) is 4.57 Å². The Balaban J connectivity index is 2.16. The van der Waals surface area contributed by atoms with Gasteiger partial charge in [-0.05, 0) is 23.8 Å². The molecule has 1 amide bonds.